The number of carbonyl (C=O) groups is 2. The summed E-state index contributed by atoms with van der Waals surface area (Å²) < 4.78 is 0. The maximum absolute atomic E-state index is 12.5. The molecule has 4 nitrogen and oxygen atoms in total. The Morgan fingerprint density at radius 1 is 1.00 bits per heavy atom. The molecule has 3 aromatic rings. The highest BCUT2D eigenvalue weighted by atomic mass is 35.5. The number of carbonyl (C=O) groups excluding carboxylic acids is 2. The van der Waals surface area contributed by atoms with Crippen molar-refractivity contribution < 1.29 is 9.59 Å². The van der Waals surface area contributed by atoms with E-state index in [4.69, 9.17) is 23.2 Å². The van der Waals surface area contributed by atoms with E-state index < -0.39 is 0 Å². The quantitative estimate of drug-likeness (QED) is 0.510. The molecule has 0 spiro atoms. The summed E-state index contributed by atoms with van der Waals surface area (Å²) in [5.41, 5.74) is 3.10. The molecule has 0 unspecified atom stereocenters. The van der Waals surface area contributed by atoms with Crippen LogP contribution in [0.4, 0.5) is 5.69 Å². The molecule has 1 fully saturated rings. The summed E-state index contributed by atoms with van der Waals surface area (Å²) in [4.78, 5) is 26.8. The number of hydrogen-bond donors (Lipinski definition) is 1. The van der Waals surface area contributed by atoms with E-state index in [0.29, 0.717) is 33.6 Å². The van der Waals surface area contributed by atoms with Crippen LogP contribution in [0.5, 0.6) is 0 Å². The smallest absolute Gasteiger partial charge is 0.255 e. The van der Waals surface area contributed by atoms with Gasteiger partial charge in [0.25, 0.3) is 5.91 Å². The molecule has 1 aliphatic rings. The molecule has 30 heavy (non-hydrogen) atoms. The summed E-state index contributed by atoms with van der Waals surface area (Å²) in [6.45, 7) is 0.516. The minimum atomic E-state index is -0.233. The first kappa shape index (κ1) is 20.8. The van der Waals surface area contributed by atoms with Crippen molar-refractivity contribution in [3.8, 4) is 0 Å². The number of thioether (sulfide) groups is 1. The Labute approximate surface area is 189 Å². The lowest BCUT2D eigenvalue weighted by Gasteiger charge is -2.24. The normalized spacial score (nSPS) is 16.0. The second kappa shape index (κ2) is 9.13. The minimum absolute atomic E-state index is 0.0890. The average molecular weight is 457 g/mol. The fraction of sp³-hybridized carbons (Fsp3) is 0.130. The fourth-order valence-electron chi connectivity index (χ4n) is 3.24. The molecule has 0 bridgehead atoms. The molecule has 1 atom stereocenters. The van der Waals surface area contributed by atoms with Gasteiger partial charge in [0.2, 0.25) is 5.91 Å². The van der Waals surface area contributed by atoms with Crippen molar-refractivity contribution in [2.24, 2.45) is 0 Å². The van der Waals surface area contributed by atoms with Crippen LogP contribution in [0.15, 0.2) is 72.8 Å². The number of halogens is 2. The van der Waals surface area contributed by atoms with E-state index in [1.54, 1.807) is 36.0 Å². The Balaban J connectivity index is 1.48. The van der Waals surface area contributed by atoms with Gasteiger partial charge in [-0.3, -0.25) is 9.59 Å². The summed E-state index contributed by atoms with van der Waals surface area (Å²) in [5, 5.41) is 3.88. The highest BCUT2D eigenvalue weighted by Crippen LogP contribution is 2.39. The maximum atomic E-state index is 12.5. The lowest BCUT2D eigenvalue weighted by molar-refractivity contribution is -0.128. The number of hydrogen-bond acceptors (Lipinski definition) is 3. The number of nitrogens with one attached hydrogen (secondary N) is 1. The van der Waals surface area contributed by atoms with E-state index >= 15 is 0 Å². The average Bonchev–Trinajstić information content (AvgIpc) is 3.11. The van der Waals surface area contributed by atoms with Crippen molar-refractivity contribution in [1.29, 1.82) is 0 Å². The number of nitrogens with zero attached hydrogens (tertiary/aromatic N) is 1. The van der Waals surface area contributed by atoms with Crippen LogP contribution < -0.4 is 5.32 Å². The lowest BCUT2D eigenvalue weighted by atomic mass is 10.1. The van der Waals surface area contributed by atoms with Gasteiger partial charge < -0.3 is 10.2 Å². The molecule has 2 amide bonds. The van der Waals surface area contributed by atoms with Gasteiger partial charge in [-0.1, -0.05) is 59.6 Å². The third kappa shape index (κ3) is 4.64. The molecule has 4 rings (SSSR count). The highest BCUT2D eigenvalue weighted by molar-refractivity contribution is 8.00. The van der Waals surface area contributed by atoms with Crippen LogP contribution >= 0.6 is 35.0 Å². The van der Waals surface area contributed by atoms with Crippen LogP contribution in [-0.4, -0.2) is 22.5 Å². The summed E-state index contributed by atoms with van der Waals surface area (Å²) >= 11 is 13.7. The second-order valence-electron chi connectivity index (χ2n) is 6.87. The first-order valence-corrected chi connectivity index (χ1v) is 11.1. The first-order chi connectivity index (χ1) is 14.5. The van der Waals surface area contributed by atoms with Crippen LogP contribution in [0.2, 0.25) is 10.0 Å². The molecule has 1 N–H and O–H groups in total. The predicted octanol–water partition coefficient (Wildman–Crippen LogP) is 6.02. The lowest BCUT2D eigenvalue weighted by Crippen LogP contribution is -2.27. The van der Waals surface area contributed by atoms with Gasteiger partial charge in [0, 0.05) is 17.1 Å². The highest BCUT2D eigenvalue weighted by Gasteiger charge is 2.32. The fourth-order valence-corrected chi connectivity index (χ4v) is 4.74. The van der Waals surface area contributed by atoms with Gasteiger partial charge in [-0.2, -0.15) is 0 Å². The van der Waals surface area contributed by atoms with E-state index in [1.165, 1.54) is 0 Å². The number of rotatable bonds is 5. The molecule has 3 aromatic carbocycles. The topological polar surface area (TPSA) is 49.4 Å². The Morgan fingerprint density at radius 3 is 2.40 bits per heavy atom. The Hall–Kier alpha value is -2.47. The van der Waals surface area contributed by atoms with Crippen molar-refractivity contribution in [3.05, 3.63) is 99.5 Å². The van der Waals surface area contributed by atoms with Gasteiger partial charge in [-0.05, 0) is 47.5 Å². The van der Waals surface area contributed by atoms with Crippen LogP contribution in [0.25, 0.3) is 0 Å². The molecule has 152 valence electrons. The maximum Gasteiger partial charge on any atom is 0.255 e. The van der Waals surface area contributed by atoms with Gasteiger partial charge in [0.05, 0.1) is 16.5 Å². The van der Waals surface area contributed by atoms with Crippen molar-refractivity contribution in [1.82, 2.24) is 4.90 Å². The summed E-state index contributed by atoms with van der Waals surface area (Å²) in [6, 6.07) is 21.9. The van der Waals surface area contributed by atoms with Crippen molar-refractivity contribution >= 4 is 52.5 Å². The molecule has 0 saturated carbocycles. The number of benzene rings is 3. The number of para-hydroxylation sites is 1. The van der Waals surface area contributed by atoms with Gasteiger partial charge in [-0.25, -0.2) is 0 Å². The van der Waals surface area contributed by atoms with Crippen LogP contribution in [0.1, 0.15) is 26.9 Å². The van der Waals surface area contributed by atoms with E-state index in [-0.39, 0.29) is 17.2 Å². The van der Waals surface area contributed by atoms with Crippen molar-refractivity contribution in [2.75, 3.05) is 11.1 Å². The molecule has 0 radical (unpaired) electrons. The zero-order valence-electron chi connectivity index (χ0n) is 15.8. The standard InChI is InChI=1S/C23H18Cl2N2O2S/c24-18-11-5-15(6-12-18)13-27-21(28)14-30-23(27)17-9-7-16(8-10-17)22(29)26-20-4-2-1-3-19(20)25/h1-12,23H,13-14H2,(H,26,29)/t23-/m0/s1. The third-order valence-corrected chi connectivity index (χ3v) is 6.65. The van der Waals surface area contributed by atoms with Crippen LogP contribution in [-0.2, 0) is 11.3 Å². The molecule has 0 aromatic heterocycles. The molecular weight excluding hydrogens is 439 g/mol. The van der Waals surface area contributed by atoms with Crippen LogP contribution in [0.3, 0.4) is 0 Å². The summed E-state index contributed by atoms with van der Waals surface area (Å²) in [5.74, 6) is 0.302. The van der Waals surface area contributed by atoms with E-state index in [9.17, 15) is 9.59 Å². The van der Waals surface area contributed by atoms with Crippen LogP contribution in [0, 0.1) is 0 Å². The van der Waals surface area contributed by atoms with Gasteiger partial charge >= 0.3 is 0 Å². The summed E-state index contributed by atoms with van der Waals surface area (Å²) in [6.07, 6.45) is 0. The SMILES string of the molecule is O=C(Nc1ccccc1Cl)c1ccc([C@@H]2SCC(=O)N2Cc2ccc(Cl)cc2)cc1. The molecule has 7 heteroatoms. The van der Waals surface area contributed by atoms with Gasteiger partial charge in [0.15, 0.2) is 0 Å². The van der Waals surface area contributed by atoms with Gasteiger partial charge in [-0.15, -0.1) is 11.8 Å². The zero-order valence-corrected chi connectivity index (χ0v) is 18.2. The molecule has 1 aliphatic heterocycles. The predicted molar refractivity (Wildman–Crippen MR) is 123 cm³/mol. The van der Waals surface area contributed by atoms with Crippen molar-refractivity contribution in [3.63, 3.8) is 0 Å². The minimum Gasteiger partial charge on any atom is -0.322 e. The Kier molecular flexibility index (Phi) is 6.32. The van der Waals surface area contributed by atoms with E-state index in [0.717, 1.165) is 11.1 Å². The molecule has 0 aliphatic carbocycles. The second-order valence-corrected chi connectivity index (χ2v) is 8.78. The van der Waals surface area contributed by atoms with Gasteiger partial charge in [0.1, 0.15) is 5.37 Å². The van der Waals surface area contributed by atoms with E-state index in [1.807, 2.05) is 53.4 Å². The zero-order chi connectivity index (χ0) is 21.1. The largest absolute Gasteiger partial charge is 0.322 e. The summed E-state index contributed by atoms with van der Waals surface area (Å²) in [7, 11) is 0. The number of anilines is 1. The molecule has 1 saturated heterocycles. The third-order valence-electron chi connectivity index (χ3n) is 4.81. The first-order valence-electron chi connectivity index (χ1n) is 9.32. The molecule has 1 heterocycles. The monoisotopic (exact) mass is 456 g/mol. The number of amides is 2. The van der Waals surface area contributed by atoms with Crippen molar-refractivity contribution in [2.45, 2.75) is 11.9 Å². The Bertz CT molecular complexity index is 1070. The molecular formula is C23H18Cl2N2O2S. The van der Waals surface area contributed by atoms with E-state index in [2.05, 4.69) is 5.32 Å². The Morgan fingerprint density at radius 2 is 1.70 bits per heavy atom.